The molecule has 1 heterocycles. The van der Waals surface area contributed by atoms with Gasteiger partial charge in [0.05, 0.1) is 7.11 Å². The molecule has 0 saturated heterocycles. The lowest BCUT2D eigenvalue weighted by Crippen LogP contribution is -2.05. The second-order valence-electron chi connectivity index (χ2n) is 4.04. The number of methoxy groups -OCH3 is 1. The van der Waals surface area contributed by atoms with Crippen molar-refractivity contribution in [3.05, 3.63) is 41.5 Å². The van der Waals surface area contributed by atoms with Gasteiger partial charge in [0.1, 0.15) is 5.82 Å². The summed E-state index contributed by atoms with van der Waals surface area (Å²) in [5.74, 6) is -0.960. The van der Waals surface area contributed by atoms with Crippen molar-refractivity contribution in [3.8, 4) is 11.1 Å². The third kappa shape index (κ3) is 2.11. The summed E-state index contributed by atoms with van der Waals surface area (Å²) in [6.07, 6.45) is 1.60. The third-order valence-electron chi connectivity index (χ3n) is 2.62. The summed E-state index contributed by atoms with van der Waals surface area (Å²) in [6.45, 7) is 1.80. The predicted molar refractivity (Wildman–Crippen MR) is 64.7 cm³/mol. The van der Waals surface area contributed by atoms with Crippen LogP contribution in [0.15, 0.2) is 24.4 Å². The summed E-state index contributed by atoms with van der Waals surface area (Å²) in [5.41, 5.74) is 1.71. The molecule has 0 unspecified atom stereocenters. The molecule has 0 fully saturated rings. The molecular weight excluding hydrogens is 235 g/mol. The third-order valence-corrected chi connectivity index (χ3v) is 2.62. The molecule has 0 atom stereocenters. The van der Waals surface area contributed by atoms with E-state index in [-0.39, 0.29) is 11.5 Å². The minimum Gasteiger partial charge on any atom is -0.464 e. The second kappa shape index (κ2) is 4.60. The number of ether oxygens (including phenoxy) is 1. The molecule has 5 heteroatoms. The monoisotopic (exact) mass is 248 g/mol. The number of hydrogen-bond acceptors (Lipinski definition) is 3. The fraction of sp³-hybridized carbons (Fsp3) is 0.231. The van der Waals surface area contributed by atoms with E-state index in [0.717, 1.165) is 5.56 Å². The van der Waals surface area contributed by atoms with E-state index in [1.165, 1.54) is 17.9 Å². The Morgan fingerprint density at radius 1 is 1.39 bits per heavy atom. The first-order chi connectivity index (χ1) is 8.52. The van der Waals surface area contributed by atoms with Crippen molar-refractivity contribution in [1.82, 2.24) is 9.78 Å². The lowest BCUT2D eigenvalue weighted by atomic mass is 10.0. The maximum atomic E-state index is 13.9. The van der Waals surface area contributed by atoms with Crippen LogP contribution >= 0.6 is 0 Å². The van der Waals surface area contributed by atoms with Crippen LogP contribution in [0.4, 0.5) is 4.39 Å². The summed E-state index contributed by atoms with van der Waals surface area (Å²) < 4.78 is 20.0. The number of esters is 1. The molecule has 0 radical (unpaired) electrons. The molecule has 0 aliphatic carbocycles. The van der Waals surface area contributed by atoms with Gasteiger partial charge in [0.25, 0.3) is 0 Å². The van der Waals surface area contributed by atoms with Crippen LogP contribution in [0.5, 0.6) is 0 Å². The number of carbonyl (C=O) groups excluding carboxylic acids is 1. The van der Waals surface area contributed by atoms with Gasteiger partial charge in [-0.15, -0.1) is 0 Å². The maximum absolute atomic E-state index is 13.9. The lowest BCUT2D eigenvalue weighted by Gasteiger charge is -2.03. The van der Waals surface area contributed by atoms with E-state index in [9.17, 15) is 9.18 Å². The molecule has 0 bridgehead atoms. The van der Waals surface area contributed by atoms with Crippen molar-refractivity contribution in [2.75, 3.05) is 7.11 Å². The van der Waals surface area contributed by atoms with Crippen LogP contribution < -0.4 is 0 Å². The van der Waals surface area contributed by atoms with Gasteiger partial charge >= 0.3 is 5.97 Å². The van der Waals surface area contributed by atoms with Crippen molar-refractivity contribution in [3.63, 3.8) is 0 Å². The number of halogens is 1. The van der Waals surface area contributed by atoms with Crippen LogP contribution in [0.25, 0.3) is 11.1 Å². The Morgan fingerprint density at radius 3 is 2.72 bits per heavy atom. The molecule has 1 aromatic carbocycles. The van der Waals surface area contributed by atoms with Gasteiger partial charge in [0, 0.05) is 24.4 Å². The van der Waals surface area contributed by atoms with E-state index in [0.29, 0.717) is 11.1 Å². The summed E-state index contributed by atoms with van der Waals surface area (Å²) in [7, 11) is 2.94. The van der Waals surface area contributed by atoms with Crippen LogP contribution in [-0.4, -0.2) is 22.9 Å². The van der Waals surface area contributed by atoms with Crippen molar-refractivity contribution < 1.29 is 13.9 Å². The topological polar surface area (TPSA) is 44.1 Å². The number of aryl methyl sites for hydroxylation is 2. The first kappa shape index (κ1) is 12.3. The Hall–Kier alpha value is -2.17. The second-order valence-corrected chi connectivity index (χ2v) is 4.04. The molecule has 0 saturated carbocycles. The fourth-order valence-corrected chi connectivity index (χ4v) is 1.77. The number of rotatable bonds is 2. The van der Waals surface area contributed by atoms with Crippen LogP contribution in [0, 0.1) is 12.7 Å². The van der Waals surface area contributed by atoms with Gasteiger partial charge in [-0.05, 0) is 18.6 Å². The Balaban J connectivity index is 2.60. The zero-order chi connectivity index (χ0) is 13.3. The Kier molecular flexibility index (Phi) is 3.14. The van der Waals surface area contributed by atoms with E-state index in [1.54, 1.807) is 32.3 Å². The molecule has 18 heavy (non-hydrogen) atoms. The van der Waals surface area contributed by atoms with Crippen LogP contribution in [0.2, 0.25) is 0 Å². The molecule has 2 aromatic rings. The van der Waals surface area contributed by atoms with Crippen molar-refractivity contribution in [2.45, 2.75) is 6.92 Å². The molecule has 0 aliphatic rings. The molecule has 0 spiro atoms. The molecule has 1 aromatic heterocycles. The molecule has 0 aliphatic heterocycles. The van der Waals surface area contributed by atoms with E-state index < -0.39 is 5.97 Å². The maximum Gasteiger partial charge on any atom is 0.359 e. The summed E-state index contributed by atoms with van der Waals surface area (Å²) >= 11 is 0. The Bertz CT molecular complexity index is 605. The van der Waals surface area contributed by atoms with Gasteiger partial charge in [-0.3, -0.25) is 4.68 Å². The number of nitrogens with zero attached hydrogens (tertiary/aromatic N) is 2. The highest BCUT2D eigenvalue weighted by Crippen LogP contribution is 2.26. The van der Waals surface area contributed by atoms with Gasteiger partial charge in [-0.1, -0.05) is 12.1 Å². The lowest BCUT2D eigenvalue weighted by molar-refractivity contribution is 0.0594. The van der Waals surface area contributed by atoms with Gasteiger partial charge in [0.2, 0.25) is 0 Å². The molecule has 0 amide bonds. The molecule has 0 N–H and O–H groups in total. The smallest absolute Gasteiger partial charge is 0.359 e. The number of hydrogen-bond donors (Lipinski definition) is 0. The van der Waals surface area contributed by atoms with Gasteiger partial charge in [0.15, 0.2) is 5.69 Å². The van der Waals surface area contributed by atoms with E-state index >= 15 is 0 Å². The minimum atomic E-state index is -0.578. The summed E-state index contributed by atoms with van der Waals surface area (Å²) in [6, 6.07) is 4.84. The Labute approximate surface area is 104 Å². The predicted octanol–water partition coefficient (Wildman–Crippen LogP) is 2.32. The van der Waals surface area contributed by atoms with Crippen molar-refractivity contribution in [2.24, 2.45) is 7.05 Å². The average molecular weight is 248 g/mol. The molecule has 94 valence electrons. The highest BCUT2D eigenvalue weighted by atomic mass is 19.1. The zero-order valence-corrected chi connectivity index (χ0v) is 10.4. The van der Waals surface area contributed by atoms with Crippen LogP contribution in [0.1, 0.15) is 16.1 Å². The largest absolute Gasteiger partial charge is 0.464 e. The first-order valence-corrected chi connectivity index (χ1v) is 5.41. The quantitative estimate of drug-likeness (QED) is 0.766. The molecule has 2 rings (SSSR count). The first-order valence-electron chi connectivity index (χ1n) is 5.41. The summed E-state index contributed by atoms with van der Waals surface area (Å²) in [4.78, 5) is 11.6. The number of benzene rings is 1. The standard InChI is InChI=1S/C13H13FN2O2/c1-8-4-5-9(11(14)6-8)10-7-16(2)15-12(10)13(17)18-3/h4-7H,1-3H3. The van der Waals surface area contributed by atoms with Crippen LogP contribution in [-0.2, 0) is 11.8 Å². The molecule has 4 nitrogen and oxygen atoms in total. The van der Waals surface area contributed by atoms with Crippen LogP contribution in [0.3, 0.4) is 0 Å². The zero-order valence-electron chi connectivity index (χ0n) is 10.4. The average Bonchev–Trinajstić information content (AvgIpc) is 2.70. The normalized spacial score (nSPS) is 10.4. The fourth-order valence-electron chi connectivity index (χ4n) is 1.77. The minimum absolute atomic E-state index is 0.114. The van der Waals surface area contributed by atoms with E-state index in [4.69, 9.17) is 0 Å². The number of aromatic nitrogens is 2. The highest BCUT2D eigenvalue weighted by Gasteiger charge is 2.20. The summed E-state index contributed by atoms with van der Waals surface area (Å²) in [5, 5.41) is 4.00. The van der Waals surface area contributed by atoms with Gasteiger partial charge in [-0.25, -0.2) is 9.18 Å². The van der Waals surface area contributed by atoms with Crippen molar-refractivity contribution in [1.29, 1.82) is 0 Å². The van der Waals surface area contributed by atoms with Crippen molar-refractivity contribution >= 4 is 5.97 Å². The number of carbonyl (C=O) groups is 1. The van der Waals surface area contributed by atoms with Gasteiger partial charge < -0.3 is 4.74 Å². The van der Waals surface area contributed by atoms with Gasteiger partial charge in [-0.2, -0.15) is 5.10 Å². The SMILES string of the molecule is COC(=O)c1nn(C)cc1-c1ccc(C)cc1F. The Morgan fingerprint density at radius 2 is 2.11 bits per heavy atom. The molecular formula is C13H13FN2O2. The highest BCUT2D eigenvalue weighted by molar-refractivity contribution is 5.95. The van der Waals surface area contributed by atoms with E-state index in [1.807, 2.05) is 0 Å². The van der Waals surface area contributed by atoms with E-state index in [2.05, 4.69) is 9.84 Å².